The van der Waals surface area contributed by atoms with E-state index in [1.807, 2.05) is 41.3 Å². The molecule has 1 aliphatic heterocycles. The Kier molecular flexibility index (Phi) is 6.42. The largest absolute Gasteiger partial charge is 0.376 e. The van der Waals surface area contributed by atoms with Crippen molar-refractivity contribution in [3.05, 3.63) is 71.8 Å². The fourth-order valence-electron chi connectivity index (χ4n) is 3.75. The molecule has 1 fully saturated rings. The van der Waals surface area contributed by atoms with Gasteiger partial charge in [0, 0.05) is 18.4 Å². The number of amides is 1. The fourth-order valence-corrected chi connectivity index (χ4v) is 3.75. The summed E-state index contributed by atoms with van der Waals surface area (Å²) in [5.41, 5.74) is 8.09. The van der Waals surface area contributed by atoms with Gasteiger partial charge >= 0.3 is 0 Å². The molecular formula is C22H28N2O2. The van der Waals surface area contributed by atoms with Crippen LogP contribution in [0.1, 0.15) is 30.5 Å². The van der Waals surface area contributed by atoms with Gasteiger partial charge in [-0.05, 0) is 31.0 Å². The van der Waals surface area contributed by atoms with Gasteiger partial charge in [0.15, 0.2) is 0 Å². The molecule has 0 unspecified atom stereocenters. The molecule has 138 valence electrons. The van der Waals surface area contributed by atoms with Crippen molar-refractivity contribution in [2.75, 3.05) is 19.7 Å². The zero-order valence-electron chi connectivity index (χ0n) is 15.4. The maximum atomic E-state index is 13.0. The summed E-state index contributed by atoms with van der Waals surface area (Å²) >= 11 is 0. The Morgan fingerprint density at radius 1 is 1.12 bits per heavy atom. The summed E-state index contributed by atoms with van der Waals surface area (Å²) in [5.74, 6) is 0.364. The minimum absolute atomic E-state index is 0.0399. The number of rotatable bonds is 8. The average Bonchev–Trinajstić information content (AvgIpc) is 2.99. The van der Waals surface area contributed by atoms with Crippen LogP contribution in [-0.4, -0.2) is 30.5 Å². The molecule has 1 heterocycles. The number of likely N-dealkylation sites (tertiary alicyclic amines) is 1. The molecule has 0 aromatic heterocycles. The number of nitrogens with two attached hydrogens (primary N) is 1. The SMILES string of the molecule is C[C@H](c1ccccc1)N1C[C@H](COCc2ccccc2)[C@@H](CCN)C1=O. The number of hydrogen-bond donors (Lipinski definition) is 1. The molecule has 0 aliphatic carbocycles. The van der Waals surface area contributed by atoms with Gasteiger partial charge < -0.3 is 15.4 Å². The average molecular weight is 352 g/mol. The number of hydrogen-bond acceptors (Lipinski definition) is 3. The molecule has 0 radical (unpaired) electrons. The van der Waals surface area contributed by atoms with E-state index >= 15 is 0 Å². The number of carbonyl (C=O) groups is 1. The van der Waals surface area contributed by atoms with Gasteiger partial charge in [0.05, 0.1) is 19.3 Å². The number of benzene rings is 2. The van der Waals surface area contributed by atoms with Gasteiger partial charge in [-0.15, -0.1) is 0 Å². The van der Waals surface area contributed by atoms with Crippen molar-refractivity contribution >= 4 is 5.91 Å². The van der Waals surface area contributed by atoms with E-state index < -0.39 is 0 Å². The maximum Gasteiger partial charge on any atom is 0.226 e. The van der Waals surface area contributed by atoms with Crippen LogP contribution in [0, 0.1) is 11.8 Å². The van der Waals surface area contributed by atoms with Crippen LogP contribution < -0.4 is 5.73 Å². The Morgan fingerprint density at radius 3 is 2.42 bits per heavy atom. The van der Waals surface area contributed by atoms with Gasteiger partial charge in [0.2, 0.25) is 5.91 Å². The van der Waals surface area contributed by atoms with Crippen molar-refractivity contribution < 1.29 is 9.53 Å². The van der Waals surface area contributed by atoms with Crippen molar-refractivity contribution in [1.29, 1.82) is 0 Å². The third kappa shape index (κ3) is 4.32. The molecule has 2 aromatic rings. The highest BCUT2D eigenvalue weighted by Gasteiger charge is 2.41. The van der Waals surface area contributed by atoms with Crippen LogP contribution in [0.25, 0.3) is 0 Å². The van der Waals surface area contributed by atoms with Gasteiger partial charge in [-0.1, -0.05) is 60.7 Å². The van der Waals surface area contributed by atoms with E-state index in [9.17, 15) is 4.79 Å². The summed E-state index contributed by atoms with van der Waals surface area (Å²) in [7, 11) is 0. The molecule has 1 amide bonds. The molecule has 4 nitrogen and oxygen atoms in total. The smallest absolute Gasteiger partial charge is 0.226 e. The minimum Gasteiger partial charge on any atom is -0.376 e. The Hall–Kier alpha value is -2.17. The first-order valence-electron chi connectivity index (χ1n) is 9.38. The summed E-state index contributed by atoms with van der Waals surface area (Å²) in [4.78, 5) is 15.0. The molecule has 0 spiro atoms. The molecule has 2 N–H and O–H groups in total. The lowest BCUT2D eigenvalue weighted by molar-refractivity contribution is -0.133. The highest BCUT2D eigenvalue weighted by molar-refractivity contribution is 5.82. The Balaban J connectivity index is 1.64. The first-order valence-corrected chi connectivity index (χ1v) is 9.38. The van der Waals surface area contributed by atoms with Crippen LogP contribution >= 0.6 is 0 Å². The van der Waals surface area contributed by atoms with E-state index in [4.69, 9.17) is 10.5 Å². The molecule has 0 saturated carbocycles. The van der Waals surface area contributed by atoms with Gasteiger partial charge in [-0.3, -0.25) is 4.79 Å². The highest BCUT2D eigenvalue weighted by atomic mass is 16.5. The van der Waals surface area contributed by atoms with Crippen LogP contribution in [0.2, 0.25) is 0 Å². The zero-order valence-corrected chi connectivity index (χ0v) is 15.4. The second kappa shape index (κ2) is 8.97. The van der Waals surface area contributed by atoms with Crippen LogP contribution in [0.15, 0.2) is 60.7 Å². The van der Waals surface area contributed by atoms with E-state index in [0.717, 1.165) is 18.5 Å². The van der Waals surface area contributed by atoms with Crippen LogP contribution in [0.5, 0.6) is 0 Å². The molecule has 0 bridgehead atoms. The van der Waals surface area contributed by atoms with Crippen LogP contribution in [0.3, 0.4) is 0 Å². The third-order valence-electron chi connectivity index (χ3n) is 5.27. The number of nitrogens with zero attached hydrogens (tertiary/aromatic N) is 1. The quantitative estimate of drug-likeness (QED) is 0.792. The lowest BCUT2D eigenvalue weighted by Gasteiger charge is -2.25. The first kappa shape index (κ1) is 18.6. The standard InChI is InChI=1S/C22H28N2O2/c1-17(19-10-6-3-7-11-19)24-14-20(21(12-13-23)22(24)25)16-26-15-18-8-4-2-5-9-18/h2-11,17,20-21H,12-16,23H2,1H3/t17-,20-,21-/m1/s1. The summed E-state index contributed by atoms with van der Waals surface area (Å²) in [6.07, 6.45) is 0.718. The second-order valence-corrected chi connectivity index (χ2v) is 7.02. The summed E-state index contributed by atoms with van der Waals surface area (Å²) in [6.45, 7) is 4.52. The van der Waals surface area contributed by atoms with Crippen LogP contribution in [-0.2, 0) is 16.1 Å². The van der Waals surface area contributed by atoms with E-state index in [2.05, 4.69) is 31.2 Å². The summed E-state index contributed by atoms with van der Waals surface area (Å²) in [5, 5.41) is 0. The minimum atomic E-state index is -0.0399. The maximum absolute atomic E-state index is 13.0. The van der Waals surface area contributed by atoms with Gasteiger partial charge in [0.1, 0.15) is 0 Å². The van der Waals surface area contributed by atoms with Crippen LogP contribution in [0.4, 0.5) is 0 Å². The molecular weight excluding hydrogens is 324 g/mol. The van der Waals surface area contributed by atoms with Crippen molar-refractivity contribution in [2.45, 2.75) is 26.0 Å². The molecule has 4 heteroatoms. The Bertz CT molecular complexity index is 690. The lowest BCUT2D eigenvalue weighted by Crippen LogP contribution is -2.30. The van der Waals surface area contributed by atoms with Crippen molar-refractivity contribution in [2.24, 2.45) is 17.6 Å². The second-order valence-electron chi connectivity index (χ2n) is 7.02. The predicted octanol–water partition coefficient (Wildman–Crippen LogP) is 3.39. The van der Waals surface area contributed by atoms with Gasteiger partial charge in [-0.2, -0.15) is 0 Å². The third-order valence-corrected chi connectivity index (χ3v) is 5.27. The van der Waals surface area contributed by atoms with Gasteiger partial charge in [0.25, 0.3) is 0 Å². The molecule has 3 atom stereocenters. The lowest BCUT2D eigenvalue weighted by atomic mass is 9.93. The number of carbonyl (C=O) groups excluding carboxylic acids is 1. The predicted molar refractivity (Wildman–Crippen MR) is 103 cm³/mol. The Morgan fingerprint density at radius 2 is 1.77 bits per heavy atom. The van der Waals surface area contributed by atoms with E-state index in [1.54, 1.807) is 0 Å². The monoisotopic (exact) mass is 352 g/mol. The normalized spacial score (nSPS) is 21.2. The Labute approximate surface area is 156 Å². The molecule has 1 aliphatic rings. The van der Waals surface area contributed by atoms with Crippen molar-refractivity contribution in [3.63, 3.8) is 0 Å². The van der Waals surface area contributed by atoms with Crippen molar-refractivity contribution in [3.8, 4) is 0 Å². The first-order chi connectivity index (χ1) is 12.7. The van der Waals surface area contributed by atoms with E-state index in [0.29, 0.717) is 19.8 Å². The summed E-state index contributed by atoms with van der Waals surface area (Å²) < 4.78 is 5.94. The fraction of sp³-hybridized carbons (Fsp3) is 0.409. The molecule has 2 aromatic carbocycles. The topological polar surface area (TPSA) is 55.6 Å². The van der Waals surface area contributed by atoms with Crippen molar-refractivity contribution in [1.82, 2.24) is 4.90 Å². The molecule has 26 heavy (non-hydrogen) atoms. The summed E-state index contributed by atoms with van der Waals surface area (Å²) in [6, 6.07) is 20.4. The molecule has 1 saturated heterocycles. The molecule has 3 rings (SSSR count). The number of ether oxygens (including phenoxy) is 1. The van der Waals surface area contributed by atoms with Gasteiger partial charge in [-0.25, -0.2) is 0 Å². The van der Waals surface area contributed by atoms with E-state index in [-0.39, 0.29) is 23.8 Å². The zero-order chi connectivity index (χ0) is 18.4. The van der Waals surface area contributed by atoms with E-state index in [1.165, 1.54) is 5.56 Å². The highest BCUT2D eigenvalue weighted by Crippen LogP contribution is 2.34.